The SMILES string of the molecule is Nc1ccc(-c2ccc(Br)s2)c(Cl)c1. The fraction of sp³-hybridized carbons (Fsp3) is 0. The molecule has 0 radical (unpaired) electrons. The maximum atomic E-state index is 6.08. The van der Waals surface area contributed by atoms with Crippen LogP contribution < -0.4 is 5.73 Å². The van der Waals surface area contributed by atoms with E-state index in [0.29, 0.717) is 10.7 Å². The van der Waals surface area contributed by atoms with E-state index in [1.165, 1.54) is 0 Å². The summed E-state index contributed by atoms with van der Waals surface area (Å²) >= 11 is 11.2. The van der Waals surface area contributed by atoms with Crippen molar-refractivity contribution in [2.45, 2.75) is 0 Å². The lowest BCUT2D eigenvalue weighted by Crippen LogP contribution is -1.84. The summed E-state index contributed by atoms with van der Waals surface area (Å²) in [5.41, 5.74) is 7.33. The molecule has 0 fully saturated rings. The van der Waals surface area contributed by atoms with Crippen molar-refractivity contribution in [1.82, 2.24) is 0 Å². The van der Waals surface area contributed by atoms with Gasteiger partial charge in [-0.25, -0.2) is 0 Å². The van der Waals surface area contributed by atoms with Gasteiger partial charge >= 0.3 is 0 Å². The molecule has 0 saturated heterocycles. The molecule has 4 heteroatoms. The van der Waals surface area contributed by atoms with Crippen LogP contribution in [0.1, 0.15) is 0 Å². The molecule has 1 heterocycles. The Labute approximate surface area is 99.6 Å². The number of anilines is 1. The zero-order valence-electron chi connectivity index (χ0n) is 7.13. The second kappa shape index (κ2) is 3.93. The predicted octanol–water partition coefficient (Wildman–Crippen LogP) is 4.41. The molecular weight excluding hydrogens is 282 g/mol. The molecule has 0 atom stereocenters. The van der Waals surface area contributed by atoms with Crippen molar-refractivity contribution < 1.29 is 0 Å². The lowest BCUT2D eigenvalue weighted by atomic mass is 10.2. The first kappa shape index (κ1) is 10.0. The maximum Gasteiger partial charge on any atom is 0.0705 e. The molecular formula is C10H7BrClNS. The molecule has 0 spiro atoms. The highest BCUT2D eigenvalue weighted by molar-refractivity contribution is 9.11. The van der Waals surface area contributed by atoms with Gasteiger partial charge < -0.3 is 5.73 Å². The van der Waals surface area contributed by atoms with Crippen LogP contribution in [0.2, 0.25) is 5.02 Å². The fourth-order valence-corrected chi connectivity index (χ4v) is 2.96. The summed E-state index contributed by atoms with van der Waals surface area (Å²) in [6.07, 6.45) is 0. The summed E-state index contributed by atoms with van der Waals surface area (Å²) in [7, 11) is 0. The molecule has 2 N–H and O–H groups in total. The van der Waals surface area contributed by atoms with Crippen LogP contribution in [0, 0.1) is 0 Å². The molecule has 0 aliphatic rings. The Morgan fingerprint density at radius 1 is 1.21 bits per heavy atom. The van der Waals surface area contributed by atoms with Gasteiger partial charge in [-0.3, -0.25) is 0 Å². The van der Waals surface area contributed by atoms with Crippen molar-refractivity contribution in [3.05, 3.63) is 39.1 Å². The number of hydrogen-bond acceptors (Lipinski definition) is 2. The quantitative estimate of drug-likeness (QED) is 0.773. The number of thiophene rings is 1. The van der Waals surface area contributed by atoms with Crippen LogP contribution in [0.4, 0.5) is 5.69 Å². The van der Waals surface area contributed by atoms with Gasteiger partial charge in [0.05, 0.1) is 8.81 Å². The molecule has 0 amide bonds. The van der Waals surface area contributed by atoms with Crippen molar-refractivity contribution in [2.75, 3.05) is 5.73 Å². The predicted molar refractivity (Wildman–Crippen MR) is 66.9 cm³/mol. The normalized spacial score (nSPS) is 10.4. The van der Waals surface area contributed by atoms with Gasteiger partial charge in [0.25, 0.3) is 0 Å². The third-order valence-corrected chi connectivity index (χ3v) is 3.80. The molecule has 0 aliphatic carbocycles. The topological polar surface area (TPSA) is 26.0 Å². The van der Waals surface area contributed by atoms with Crippen molar-refractivity contribution in [2.24, 2.45) is 0 Å². The van der Waals surface area contributed by atoms with E-state index < -0.39 is 0 Å². The number of benzene rings is 1. The molecule has 1 aromatic heterocycles. The average Bonchev–Trinajstić information content (AvgIpc) is 2.51. The lowest BCUT2D eigenvalue weighted by Gasteiger charge is -2.01. The lowest BCUT2D eigenvalue weighted by molar-refractivity contribution is 1.67. The summed E-state index contributed by atoms with van der Waals surface area (Å²) in [5.74, 6) is 0. The van der Waals surface area contributed by atoms with E-state index in [0.717, 1.165) is 14.2 Å². The number of nitrogens with two attached hydrogens (primary N) is 1. The molecule has 0 saturated carbocycles. The van der Waals surface area contributed by atoms with Crippen LogP contribution in [0.25, 0.3) is 10.4 Å². The minimum atomic E-state index is 0.689. The van der Waals surface area contributed by atoms with Crippen LogP contribution in [0.5, 0.6) is 0 Å². The Morgan fingerprint density at radius 2 is 2.00 bits per heavy atom. The second-order valence-corrected chi connectivity index (χ2v) is 5.71. The first-order chi connectivity index (χ1) is 6.66. The average molecular weight is 289 g/mol. The number of hydrogen-bond donors (Lipinski definition) is 1. The zero-order valence-corrected chi connectivity index (χ0v) is 10.3. The van der Waals surface area contributed by atoms with Crippen LogP contribution in [0.15, 0.2) is 34.1 Å². The molecule has 1 nitrogen and oxygen atoms in total. The monoisotopic (exact) mass is 287 g/mol. The maximum absolute atomic E-state index is 6.08. The molecule has 14 heavy (non-hydrogen) atoms. The summed E-state index contributed by atoms with van der Waals surface area (Å²) in [6, 6.07) is 9.61. The highest BCUT2D eigenvalue weighted by atomic mass is 79.9. The van der Waals surface area contributed by atoms with E-state index in [1.54, 1.807) is 17.4 Å². The number of nitrogen functional groups attached to an aromatic ring is 1. The van der Waals surface area contributed by atoms with Crippen LogP contribution >= 0.6 is 38.9 Å². The summed E-state index contributed by atoms with van der Waals surface area (Å²) in [5, 5.41) is 0.694. The molecule has 0 unspecified atom stereocenters. The van der Waals surface area contributed by atoms with Gasteiger partial charge in [0.15, 0.2) is 0 Å². The zero-order chi connectivity index (χ0) is 10.1. The van der Waals surface area contributed by atoms with Crippen molar-refractivity contribution in [3.63, 3.8) is 0 Å². The van der Waals surface area contributed by atoms with E-state index in [1.807, 2.05) is 24.3 Å². The highest BCUT2D eigenvalue weighted by Crippen LogP contribution is 2.36. The minimum Gasteiger partial charge on any atom is -0.399 e. The van der Waals surface area contributed by atoms with Crippen molar-refractivity contribution >= 4 is 44.6 Å². The standard InChI is InChI=1S/C10H7BrClNS/c11-10-4-3-9(14-10)7-2-1-6(13)5-8(7)12/h1-5H,13H2. The Bertz CT molecular complexity index is 467. The van der Waals surface area contributed by atoms with Gasteiger partial charge in [0.1, 0.15) is 0 Å². The largest absolute Gasteiger partial charge is 0.399 e. The van der Waals surface area contributed by atoms with E-state index in [9.17, 15) is 0 Å². The summed E-state index contributed by atoms with van der Waals surface area (Å²) < 4.78 is 1.10. The molecule has 2 aromatic rings. The van der Waals surface area contributed by atoms with Gasteiger partial charge in [-0.05, 0) is 40.2 Å². The van der Waals surface area contributed by atoms with Gasteiger partial charge in [-0.2, -0.15) is 0 Å². The van der Waals surface area contributed by atoms with E-state index in [-0.39, 0.29) is 0 Å². The first-order valence-corrected chi connectivity index (χ1v) is 5.96. The van der Waals surface area contributed by atoms with Gasteiger partial charge in [0.2, 0.25) is 0 Å². The van der Waals surface area contributed by atoms with Crippen LogP contribution in [-0.4, -0.2) is 0 Å². The third-order valence-electron chi connectivity index (χ3n) is 1.83. The summed E-state index contributed by atoms with van der Waals surface area (Å²) in [4.78, 5) is 1.14. The molecule has 0 aliphatic heterocycles. The van der Waals surface area contributed by atoms with Crippen molar-refractivity contribution in [1.29, 1.82) is 0 Å². The van der Waals surface area contributed by atoms with Gasteiger partial charge in [0, 0.05) is 16.1 Å². The van der Waals surface area contributed by atoms with Crippen LogP contribution in [-0.2, 0) is 0 Å². The second-order valence-electron chi connectivity index (χ2n) is 2.84. The first-order valence-electron chi connectivity index (χ1n) is 3.97. The fourth-order valence-electron chi connectivity index (χ4n) is 1.19. The van der Waals surface area contributed by atoms with E-state index in [2.05, 4.69) is 15.9 Å². The smallest absolute Gasteiger partial charge is 0.0705 e. The Balaban J connectivity index is 2.52. The summed E-state index contributed by atoms with van der Waals surface area (Å²) in [6.45, 7) is 0. The van der Waals surface area contributed by atoms with Crippen molar-refractivity contribution in [3.8, 4) is 10.4 Å². The minimum absolute atomic E-state index is 0.689. The highest BCUT2D eigenvalue weighted by Gasteiger charge is 2.05. The number of halogens is 2. The third kappa shape index (κ3) is 1.95. The number of rotatable bonds is 1. The van der Waals surface area contributed by atoms with Crippen LogP contribution in [0.3, 0.4) is 0 Å². The Kier molecular flexibility index (Phi) is 2.81. The van der Waals surface area contributed by atoms with Gasteiger partial charge in [-0.15, -0.1) is 11.3 Å². The Morgan fingerprint density at radius 3 is 2.57 bits per heavy atom. The van der Waals surface area contributed by atoms with E-state index >= 15 is 0 Å². The molecule has 72 valence electrons. The van der Waals surface area contributed by atoms with E-state index in [4.69, 9.17) is 17.3 Å². The molecule has 1 aromatic carbocycles. The molecule has 2 rings (SSSR count). The molecule has 0 bridgehead atoms. The Hall–Kier alpha value is -0.510. The van der Waals surface area contributed by atoms with Gasteiger partial charge in [-0.1, -0.05) is 17.7 Å².